The topological polar surface area (TPSA) is 0 Å². The van der Waals surface area contributed by atoms with Gasteiger partial charge in [0, 0.05) is 0 Å². The van der Waals surface area contributed by atoms with E-state index in [1.807, 2.05) is 0 Å². The Morgan fingerprint density at radius 1 is 1.22 bits per heavy atom. The lowest BCUT2D eigenvalue weighted by Crippen LogP contribution is -2.16. The maximum Gasteiger partial charge on any atom is -0.0351 e. The summed E-state index contributed by atoms with van der Waals surface area (Å²) in [5, 5.41) is 0. The van der Waals surface area contributed by atoms with Crippen LogP contribution in [0, 0.1) is 17.3 Å². The summed E-state index contributed by atoms with van der Waals surface area (Å²) < 4.78 is 0. The summed E-state index contributed by atoms with van der Waals surface area (Å²) in [6.45, 7) is 4.84. The van der Waals surface area contributed by atoms with Gasteiger partial charge in [-0.1, -0.05) is 13.8 Å². The summed E-state index contributed by atoms with van der Waals surface area (Å²) >= 11 is 0. The Balaban J connectivity index is 2.01. The highest BCUT2D eigenvalue weighted by Crippen LogP contribution is 2.55. The van der Waals surface area contributed by atoms with E-state index in [-0.39, 0.29) is 0 Å². The normalized spacial score (nSPS) is 46.0. The molecule has 0 heteroatoms. The fourth-order valence-corrected chi connectivity index (χ4v) is 2.30. The van der Waals surface area contributed by atoms with Gasteiger partial charge in [-0.2, -0.15) is 0 Å². The Bertz CT molecular complexity index is 124. The maximum atomic E-state index is 2.42. The molecule has 0 aromatic carbocycles. The van der Waals surface area contributed by atoms with Crippen molar-refractivity contribution in [2.75, 3.05) is 0 Å². The zero-order chi connectivity index (χ0) is 6.48. The second-order valence-corrected chi connectivity index (χ2v) is 4.66. The van der Waals surface area contributed by atoms with E-state index >= 15 is 0 Å². The van der Waals surface area contributed by atoms with Crippen LogP contribution < -0.4 is 0 Å². The second kappa shape index (κ2) is 1.53. The van der Waals surface area contributed by atoms with Crippen molar-refractivity contribution in [3.8, 4) is 0 Å². The van der Waals surface area contributed by atoms with Crippen LogP contribution in [0.15, 0.2) is 0 Å². The van der Waals surface area contributed by atoms with Gasteiger partial charge in [0.15, 0.2) is 0 Å². The monoisotopic (exact) mass is 124 g/mol. The zero-order valence-electron chi connectivity index (χ0n) is 6.48. The molecule has 2 fully saturated rings. The Hall–Kier alpha value is 0. The average Bonchev–Trinajstić information content (AvgIpc) is 2.41. The van der Waals surface area contributed by atoms with Crippen molar-refractivity contribution in [3.63, 3.8) is 0 Å². The predicted molar refractivity (Wildman–Crippen MR) is 39.2 cm³/mol. The number of hydrogen-bond donors (Lipinski definition) is 0. The third-order valence-electron chi connectivity index (χ3n) is 3.08. The summed E-state index contributed by atoms with van der Waals surface area (Å²) in [7, 11) is 0. The molecule has 0 heterocycles. The van der Waals surface area contributed by atoms with Crippen LogP contribution in [0.4, 0.5) is 0 Å². The molecule has 2 unspecified atom stereocenters. The highest BCUT2D eigenvalue weighted by Gasteiger charge is 2.44. The number of hydrogen-bond acceptors (Lipinski definition) is 0. The van der Waals surface area contributed by atoms with Crippen LogP contribution in [0.1, 0.15) is 39.5 Å². The molecule has 0 spiro atoms. The van der Waals surface area contributed by atoms with Gasteiger partial charge in [-0.05, 0) is 42.9 Å². The quantitative estimate of drug-likeness (QED) is 0.466. The highest BCUT2D eigenvalue weighted by molar-refractivity contribution is 4.95. The first-order chi connectivity index (χ1) is 4.17. The van der Waals surface area contributed by atoms with Gasteiger partial charge in [0.1, 0.15) is 0 Å². The lowest BCUT2D eigenvalue weighted by atomic mass is 9.78. The molecule has 0 nitrogen and oxygen atoms in total. The third kappa shape index (κ3) is 0.997. The van der Waals surface area contributed by atoms with Crippen molar-refractivity contribution in [1.29, 1.82) is 0 Å². The van der Waals surface area contributed by atoms with Gasteiger partial charge in [0.2, 0.25) is 0 Å². The van der Waals surface area contributed by atoms with Crippen molar-refractivity contribution in [1.82, 2.24) is 0 Å². The molecule has 0 amide bonds. The van der Waals surface area contributed by atoms with Crippen LogP contribution in [-0.2, 0) is 0 Å². The van der Waals surface area contributed by atoms with Gasteiger partial charge in [0.05, 0.1) is 0 Å². The maximum absolute atomic E-state index is 2.42. The Labute approximate surface area is 57.6 Å². The Morgan fingerprint density at radius 3 is 2.56 bits per heavy atom. The molecule has 2 atom stereocenters. The molecule has 0 aromatic heterocycles. The molecule has 9 heavy (non-hydrogen) atoms. The molecule has 52 valence electrons. The lowest BCUT2D eigenvalue weighted by Gasteiger charge is -2.28. The minimum atomic E-state index is 0.692. The Kier molecular flexibility index (Phi) is 0.980. The summed E-state index contributed by atoms with van der Waals surface area (Å²) in [6, 6.07) is 0. The molecule has 2 aliphatic rings. The summed E-state index contributed by atoms with van der Waals surface area (Å²) in [5.74, 6) is 2.31. The largest absolute Gasteiger partial charge is 0.0599 e. The molecular weight excluding hydrogens is 108 g/mol. The summed E-state index contributed by atoms with van der Waals surface area (Å²) in [4.78, 5) is 0. The molecule has 2 aliphatic carbocycles. The average molecular weight is 124 g/mol. The van der Waals surface area contributed by atoms with Crippen LogP contribution in [0.3, 0.4) is 0 Å². The SMILES string of the molecule is CC1(C)CCC2CC2C1. The van der Waals surface area contributed by atoms with E-state index in [2.05, 4.69) is 13.8 Å². The molecule has 0 radical (unpaired) electrons. The van der Waals surface area contributed by atoms with E-state index in [4.69, 9.17) is 0 Å². The minimum Gasteiger partial charge on any atom is -0.0599 e. The smallest absolute Gasteiger partial charge is 0.0351 e. The lowest BCUT2D eigenvalue weighted by molar-refractivity contribution is 0.233. The van der Waals surface area contributed by atoms with E-state index in [0.717, 1.165) is 11.8 Å². The molecule has 2 saturated carbocycles. The summed E-state index contributed by atoms with van der Waals surface area (Å²) in [6.07, 6.45) is 6.08. The van der Waals surface area contributed by atoms with Gasteiger partial charge in [-0.3, -0.25) is 0 Å². The van der Waals surface area contributed by atoms with E-state index in [1.165, 1.54) is 19.3 Å². The fraction of sp³-hybridized carbons (Fsp3) is 1.00. The number of rotatable bonds is 0. The minimum absolute atomic E-state index is 0.692. The number of fused-ring (bicyclic) bond motifs is 1. The van der Waals surface area contributed by atoms with Crippen molar-refractivity contribution < 1.29 is 0 Å². The molecule has 0 aromatic rings. The zero-order valence-corrected chi connectivity index (χ0v) is 6.48. The molecule has 0 bridgehead atoms. The molecular formula is C9H16. The molecule has 0 saturated heterocycles. The van der Waals surface area contributed by atoms with Crippen LogP contribution in [0.2, 0.25) is 0 Å². The van der Waals surface area contributed by atoms with Crippen molar-refractivity contribution in [2.45, 2.75) is 39.5 Å². The molecule has 0 aliphatic heterocycles. The van der Waals surface area contributed by atoms with Gasteiger partial charge >= 0.3 is 0 Å². The van der Waals surface area contributed by atoms with Crippen molar-refractivity contribution in [3.05, 3.63) is 0 Å². The molecule has 0 N–H and O–H groups in total. The highest BCUT2D eigenvalue weighted by atomic mass is 14.5. The standard InChI is InChI=1S/C9H16/c1-9(2)4-3-7-5-8(7)6-9/h7-8H,3-6H2,1-2H3. The van der Waals surface area contributed by atoms with Gasteiger partial charge < -0.3 is 0 Å². The van der Waals surface area contributed by atoms with Crippen molar-refractivity contribution >= 4 is 0 Å². The first-order valence-corrected chi connectivity index (χ1v) is 4.17. The van der Waals surface area contributed by atoms with Crippen LogP contribution >= 0.6 is 0 Å². The Morgan fingerprint density at radius 2 is 2.00 bits per heavy atom. The third-order valence-corrected chi connectivity index (χ3v) is 3.08. The van der Waals surface area contributed by atoms with Crippen LogP contribution in [0.5, 0.6) is 0 Å². The van der Waals surface area contributed by atoms with Crippen molar-refractivity contribution in [2.24, 2.45) is 17.3 Å². The van der Waals surface area contributed by atoms with E-state index in [9.17, 15) is 0 Å². The van der Waals surface area contributed by atoms with E-state index < -0.39 is 0 Å². The van der Waals surface area contributed by atoms with Crippen LogP contribution in [0.25, 0.3) is 0 Å². The van der Waals surface area contributed by atoms with Gasteiger partial charge in [0.25, 0.3) is 0 Å². The predicted octanol–water partition coefficient (Wildman–Crippen LogP) is 2.83. The van der Waals surface area contributed by atoms with E-state index in [1.54, 1.807) is 6.42 Å². The first-order valence-electron chi connectivity index (χ1n) is 4.17. The fourth-order valence-electron chi connectivity index (χ4n) is 2.30. The van der Waals surface area contributed by atoms with Gasteiger partial charge in [-0.15, -0.1) is 0 Å². The molecule has 2 rings (SSSR count). The second-order valence-electron chi connectivity index (χ2n) is 4.66. The van der Waals surface area contributed by atoms with E-state index in [0.29, 0.717) is 5.41 Å². The first kappa shape index (κ1) is 5.76. The summed E-state index contributed by atoms with van der Waals surface area (Å²) in [5.41, 5.74) is 0.692. The van der Waals surface area contributed by atoms with Gasteiger partial charge in [-0.25, -0.2) is 0 Å². The van der Waals surface area contributed by atoms with Crippen LogP contribution in [-0.4, -0.2) is 0 Å².